The second-order valence-electron chi connectivity index (χ2n) is 4.65. The van der Waals surface area contributed by atoms with Crippen molar-refractivity contribution in [2.45, 2.75) is 19.3 Å². The molecular formula is C14H19NO3. The average molecular weight is 249 g/mol. The standard InChI is InChI=1S/C14H19NO3/c16-14(17)12-4-1-2-5-13(12)15-8-3-9-18-10-11-6-7-11/h1-2,4-5,11,15H,3,6-10H2,(H,16,17). The van der Waals surface area contributed by atoms with Gasteiger partial charge in [-0.2, -0.15) is 0 Å². The largest absolute Gasteiger partial charge is 0.478 e. The van der Waals surface area contributed by atoms with E-state index in [-0.39, 0.29) is 0 Å². The van der Waals surface area contributed by atoms with Crippen molar-refractivity contribution in [1.29, 1.82) is 0 Å². The minimum atomic E-state index is -0.900. The lowest BCUT2D eigenvalue weighted by atomic mass is 10.2. The van der Waals surface area contributed by atoms with Gasteiger partial charge in [0.15, 0.2) is 0 Å². The zero-order chi connectivity index (χ0) is 12.8. The maximum absolute atomic E-state index is 11.0. The lowest BCUT2D eigenvalue weighted by Gasteiger charge is -2.09. The molecule has 0 bridgehead atoms. The van der Waals surface area contributed by atoms with Crippen molar-refractivity contribution >= 4 is 11.7 Å². The minimum absolute atomic E-state index is 0.316. The van der Waals surface area contributed by atoms with Gasteiger partial charge in [-0.25, -0.2) is 4.79 Å². The molecule has 1 aromatic rings. The molecule has 1 saturated carbocycles. The van der Waals surface area contributed by atoms with Crippen LogP contribution in [0.2, 0.25) is 0 Å². The number of carboxylic acid groups (broad SMARTS) is 1. The summed E-state index contributed by atoms with van der Waals surface area (Å²) in [5.74, 6) is -0.103. The monoisotopic (exact) mass is 249 g/mol. The molecule has 0 amide bonds. The van der Waals surface area contributed by atoms with Crippen LogP contribution in [-0.4, -0.2) is 30.8 Å². The number of hydrogen-bond donors (Lipinski definition) is 2. The van der Waals surface area contributed by atoms with Crippen LogP contribution in [0.5, 0.6) is 0 Å². The van der Waals surface area contributed by atoms with Crippen molar-refractivity contribution < 1.29 is 14.6 Å². The Morgan fingerprint density at radius 2 is 2.17 bits per heavy atom. The molecule has 0 atom stereocenters. The van der Waals surface area contributed by atoms with Crippen LogP contribution in [0.4, 0.5) is 5.69 Å². The molecule has 0 aliphatic heterocycles. The van der Waals surface area contributed by atoms with Gasteiger partial charge in [-0.3, -0.25) is 0 Å². The molecule has 0 spiro atoms. The van der Waals surface area contributed by atoms with Crippen molar-refractivity contribution in [3.8, 4) is 0 Å². The summed E-state index contributed by atoms with van der Waals surface area (Å²) in [4.78, 5) is 11.0. The number of para-hydroxylation sites is 1. The normalized spacial score (nSPS) is 14.4. The number of aromatic carboxylic acids is 1. The molecule has 2 N–H and O–H groups in total. The molecule has 0 aromatic heterocycles. The molecule has 0 heterocycles. The Balaban J connectivity index is 1.67. The Hall–Kier alpha value is -1.55. The molecule has 1 fully saturated rings. The topological polar surface area (TPSA) is 58.6 Å². The smallest absolute Gasteiger partial charge is 0.337 e. The third kappa shape index (κ3) is 4.04. The zero-order valence-corrected chi connectivity index (χ0v) is 10.4. The van der Waals surface area contributed by atoms with E-state index in [1.54, 1.807) is 18.2 Å². The highest BCUT2D eigenvalue weighted by atomic mass is 16.5. The summed E-state index contributed by atoms with van der Waals surface area (Å²) in [5.41, 5.74) is 0.989. The molecule has 4 nitrogen and oxygen atoms in total. The summed E-state index contributed by atoms with van der Waals surface area (Å²) < 4.78 is 5.52. The van der Waals surface area contributed by atoms with Crippen LogP contribution in [0, 0.1) is 5.92 Å². The quantitative estimate of drug-likeness (QED) is 0.695. The Morgan fingerprint density at radius 1 is 1.39 bits per heavy atom. The summed E-state index contributed by atoms with van der Waals surface area (Å²) in [5, 5.41) is 12.1. The molecule has 1 aliphatic rings. The summed E-state index contributed by atoms with van der Waals surface area (Å²) in [6.07, 6.45) is 3.51. The molecule has 2 rings (SSSR count). The van der Waals surface area contributed by atoms with E-state index in [0.717, 1.165) is 32.1 Å². The number of benzene rings is 1. The van der Waals surface area contributed by atoms with Crippen LogP contribution >= 0.6 is 0 Å². The van der Waals surface area contributed by atoms with Crippen molar-refractivity contribution in [3.05, 3.63) is 29.8 Å². The van der Waals surface area contributed by atoms with Gasteiger partial charge in [0.05, 0.1) is 5.56 Å². The van der Waals surface area contributed by atoms with E-state index in [9.17, 15) is 4.79 Å². The van der Waals surface area contributed by atoms with Gasteiger partial charge in [0.25, 0.3) is 0 Å². The predicted molar refractivity (Wildman–Crippen MR) is 70.1 cm³/mol. The summed E-state index contributed by atoms with van der Waals surface area (Å²) in [7, 11) is 0. The van der Waals surface area contributed by atoms with E-state index in [1.165, 1.54) is 12.8 Å². The van der Waals surface area contributed by atoms with E-state index in [1.807, 2.05) is 6.07 Å². The van der Waals surface area contributed by atoms with Gasteiger partial charge in [0, 0.05) is 25.4 Å². The lowest BCUT2D eigenvalue weighted by Crippen LogP contribution is -2.10. The van der Waals surface area contributed by atoms with Gasteiger partial charge in [0.1, 0.15) is 0 Å². The molecule has 98 valence electrons. The number of carbonyl (C=O) groups is 1. The second kappa shape index (κ2) is 6.40. The van der Waals surface area contributed by atoms with Crippen LogP contribution in [0.1, 0.15) is 29.6 Å². The van der Waals surface area contributed by atoms with Crippen molar-refractivity contribution in [1.82, 2.24) is 0 Å². The molecule has 1 aromatic carbocycles. The Bertz CT molecular complexity index is 402. The first kappa shape index (κ1) is 12.9. The summed E-state index contributed by atoms with van der Waals surface area (Å²) in [6, 6.07) is 6.95. The molecule has 18 heavy (non-hydrogen) atoms. The van der Waals surface area contributed by atoms with Crippen LogP contribution in [-0.2, 0) is 4.74 Å². The molecule has 0 saturated heterocycles. The highest BCUT2D eigenvalue weighted by Gasteiger charge is 2.20. The van der Waals surface area contributed by atoms with Gasteiger partial charge in [0.2, 0.25) is 0 Å². The highest BCUT2D eigenvalue weighted by molar-refractivity contribution is 5.94. The van der Waals surface area contributed by atoms with E-state index >= 15 is 0 Å². The summed E-state index contributed by atoms with van der Waals surface area (Å²) in [6.45, 7) is 2.35. The van der Waals surface area contributed by atoms with Crippen LogP contribution < -0.4 is 5.32 Å². The van der Waals surface area contributed by atoms with Crippen LogP contribution in [0.3, 0.4) is 0 Å². The minimum Gasteiger partial charge on any atom is -0.478 e. The van der Waals surface area contributed by atoms with E-state index in [4.69, 9.17) is 9.84 Å². The van der Waals surface area contributed by atoms with Crippen molar-refractivity contribution in [2.75, 3.05) is 25.1 Å². The summed E-state index contributed by atoms with van der Waals surface area (Å²) >= 11 is 0. The third-order valence-electron chi connectivity index (χ3n) is 2.99. The molecule has 0 radical (unpaired) electrons. The van der Waals surface area contributed by atoms with Gasteiger partial charge in [-0.1, -0.05) is 12.1 Å². The van der Waals surface area contributed by atoms with Crippen molar-refractivity contribution in [2.24, 2.45) is 5.92 Å². The van der Waals surface area contributed by atoms with Crippen molar-refractivity contribution in [3.63, 3.8) is 0 Å². The fourth-order valence-corrected chi connectivity index (χ4v) is 1.76. The fourth-order valence-electron chi connectivity index (χ4n) is 1.76. The van der Waals surface area contributed by atoms with Gasteiger partial charge in [-0.05, 0) is 37.3 Å². The maximum Gasteiger partial charge on any atom is 0.337 e. The maximum atomic E-state index is 11.0. The molecule has 1 aliphatic carbocycles. The molecule has 4 heteroatoms. The van der Waals surface area contributed by atoms with Crippen LogP contribution in [0.25, 0.3) is 0 Å². The number of hydrogen-bond acceptors (Lipinski definition) is 3. The van der Waals surface area contributed by atoms with E-state index in [0.29, 0.717) is 11.3 Å². The van der Waals surface area contributed by atoms with Gasteiger partial charge in [-0.15, -0.1) is 0 Å². The highest BCUT2D eigenvalue weighted by Crippen LogP contribution is 2.28. The lowest BCUT2D eigenvalue weighted by molar-refractivity contribution is 0.0698. The Kier molecular flexibility index (Phi) is 4.59. The fraction of sp³-hybridized carbons (Fsp3) is 0.500. The molecule has 0 unspecified atom stereocenters. The SMILES string of the molecule is O=C(O)c1ccccc1NCCCOCC1CC1. The second-order valence-corrected chi connectivity index (χ2v) is 4.65. The number of nitrogens with one attached hydrogen (secondary N) is 1. The zero-order valence-electron chi connectivity index (χ0n) is 10.4. The average Bonchev–Trinajstić information content (AvgIpc) is 3.18. The first-order valence-corrected chi connectivity index (χ1v) is 6.41. The van der Waals surface area contributed by atoms with E-state index < -0.39 is 5.97 Å². The number of anilines is 1. The van der Waals surface area contributed by atoms with Crippen LogP contribution in [0.15, 0.2) is 24.3 Å². The van der Waals surface area contributed by atoms with Gasteiger partial charge >= 0.3 is 5.97 Å². The number of carboxylic acids is 1. The third-order valence-corrected chi connectivity index (χ3v) is 2.99. The Morgan fingerprint density at radius 3 is 2.89 bits per heavy atom. The number of ether oxygens (including phenoxy) is 1. The van der Waals surface area contributed by atoms with Gasteiger partial charge < -0.3 is 15.2 Å². The molecular weight excluding hydrogens is 230 g/mol. The predicted octanol–water partition coefficient (Wildman–Crippen LogP) is 2.61. The number of rotatable bonds is 8. The van der Waals surface area contributed by atoms with E-state index in [2.05, 4.69) is 5.32 Å². The first-order valence-electron chi connectivity index (χ1n) is 6.41. The Labute approximate surface area is 107 Å². The first-order chi connectivity index (χ1) is 8.77.